The Bertz CT molecular complexity index is 800. The standard InChI is InChI=1S/C21H26FN3O2/c1-14-2-3-15(10-18(14)22)12-21(6-7-21)24-20(27)19-11-16(4-8-23-19)25-9-5-17(26)13-25/h3-4,8,10-11,14,17,26H,2,5-7,9,12-13H2,1H3,(H,24,27)/t14?,17-/m0/s1. The van der Waals surface area contributed by atoms with Crippen LogP contribution in [-0.2, 0) is 0 Å². The number of aliphatic hydroxyl groups is 1. The molecule has 2 heterocycles. The number of carbonyl (C=O) groups is 1. The van der Waals surface area contributed by atoms with E-state index in [-0.39, 0.29) is 29.3 Å². The minimum absolute atomic E-state index is 0.0467. The number of amides is 1. The number of β-amino-alcohol motifs (C(OH)–C–C–N with tert-alkyl or cyclic N) is 1. The summed E-state index contributed by atoms with van der Waals surface area (Å²) >= 11 is 0. The molecule has 1 saturated carbocycles. The average Bonchev–Trinajstić information content (AvgIpc) is 3.25. The van der Waals surface area contributed by atoms with E-state index in [1.807, 2.05) is 13.0 Å². The summed E-state index contributed by atoms with van der Waals surface area (Å²) in [6, 6.07) is 3.65. The van der Waals surface area contributed by atoms with Gasteiger partial charge in [-0.25, -0.2) is 4.39 Å². The lowest BCUT2D eigenvalue weighted by molar-refractivity contribution is 0.0926. The van der Waals surface area contributed by atoms with E-state index in [0.29, 0.717) is 25.1 Å². The fraction of sp³-hybridized carbons (Fsp3) is 0.524. The molecular formula is C21H26FN3O2. The normalized spacial score (nSPS) is 26.4. The maximum atomic E-state index is 13.9. The number of allylic oxidation sites excluding steroid dienone is 3. The zero-order valence-electron chi connectivity index (χ0n) is 15.6. The number of carbonyl (C=O) groups excluding carboxylic acids is 1. The van der Waals surface area contributed by atoms with Gasteiger partial charge in [0.15, 0.2) is 0 Å². The van der Waals surface area contributed by atoms with Gasteiger partial charge in [0.2, 0.25) is 0 Å². The summed E-state index contributed by atoms with van der Waals surface area (Å²) in [7, 11) is 0. The quantitative estimate of drug-likeness (QED) is 0.835. The van der Waals surface area contributed by atoms with Crippen molar-refractivity contribution >= 4 is 11.6 Å². The fourth-order valence-corrected chi connectivity index (χ4v) is 3.85. The molecular weight excluding hydrogens is 345 g/mol. The summed E-state index contributed by atoms with van der Waals surface area (Å²) < 4.78 is 13.9. The van der Waals surface area contributed by atoms with E-state index < -0.39 is 0 Å². The van der Waals surface area contributed by atoms with Gasteiger partial charge in [-0.05, 0) is 55.9 Å². The Hall–Kier alpha value is -2.21. The lowest BCUT2D eigenvalue weighted by Crippen LogP contribution is -2.37. The van der Waals surface area contributed by atoms with Gasteiger partial charge in [0.1, 0.15) is 11.5 Å². The van der Waals surface area contributed by atoms with E-state index in [4.69, 9.17) is 0 Å². The Morgan fingerprint density at radius 1 is 1.48 bits per heavy atom. The highest BCUT2D eigenvalue weighted by Crippen LogP contribution is 2.43. The van der Waals surface area contributed by atoms with Gasteiger partial charge in [-0.1, -0.05) is 13.0 Å². The van der Waals surface area contributed by atoms with E-state index in [2.05, 4.69) is 21.3 Å². The second-order valence-corrected chi connectivity index (χ2v) is 8.14. The first-order valence-electron chi connectivity index (χ1n) is 9.72. The molecule has 4 rings (SSSR count). The monoisotopic (exact) mass is 371 g/mol. The van der Waals surface area contributed by atoms with Crippen molar-refractivity contribution in [2.75, 3.05) is 18.0 Å². The SMILES string of the molecule is CC1CC=C(CC2(NC(=O)c3cc(N4CC[C@H](O)C4)ccn3)CC2)C=C1F. The molecule has 3 aliphatic rings. The number of aromatic nitrogens is 1. The third-order valence-electron chi connectivity index (χ3n) is 5.81. The number of anilines is 1. The summed E-state index contributed by atoms with van der Waals surface area (Å²) in [5.74, 6) is -0.311. The number of aliphatic hydroxyl groups excluding tert-OH is 1. The van der Waals surface area contributed by atoms with Gasteiger partial charge in [-0.15, -0.1) is 0 Å². The summed E-state index contributed by atoms with van der Waals surface area (Å²) in [5.41, 5.74) is 1.98. The molecule has 27 heavy (non-hydrogen) atoms. The molecule has 1 aromatic rings. The molecule has 0 bridgehead atoms. The lowest BCUT2D eigenvalue weighted by atomic mass is 9.93. The van der Waals surface area contributed by atoms with Crippen LogP contribution in [0.15, 0.2) is 41.9 Å². The van der Waals surface area contributed by atoms with E-state index in [1.54, 1.807) is 18.3 Å². The molecule has 0 spiro atoms. The summed E-state index contributed by atoms with van der Waals surface area (Å²) in [6.45, 7) is 3.24. The van der Waals surface area contributed by atoms with E-state index in [9.17, 15) is 14.3 Å². The zero-order valence-corrected chi connectivity index (χ0v) is 15.6. The second-order valence-electron chi connectivity index (χ2n) is 8.14. The first-order chi connectivity index (χ1) is 12.9. The molecule has 2 aliphatic carbocycles. The van der Waals surface area contributed by atoms with E-state index in [1.165, 1.54) is 0 Å². The van der Waals surface area contributed by atoms with Crippen LogP contribution >= 0.6 is 0 Å². The van der Waals surface area contributed by atoms with Gasteiger partial charge in [-0.3, -0.25) is 9.78 Å². The first kappa shape index (κ1) is 18.2. The molecule has 0 radical (unpaired) electrons. The second kappa shape index (κ2) is 7.08. The van der Waals surface area contributed by atoms with Gasteiger partial charge in [0.25, 0.3) is 5.91 Å². The summed E-state index contributed by atoms with van der Waals surface area (Å²) in [5, 5.41) is 12.8. The van der Waals surface area contributed by atoms with Crippen LogP contribution in [0.2, 0.25) is 0 Å². The molecule has 2 fully saturated rings. The summed E-state index contributed by atoms with van der Waals surface area (Å²) in [4.78, 5) is 19.0. The third kappa shape index (κ3) is 4.05. The molecule has 1 aromatic heterocycles. The first-order valence-corrected chi connectivity index (χ1v) is 9.72. The van der Waals surface area contributed by atoms with Crippen LogP contribution in [0.3, 0.4) is 0 Å². The van der Waals surface area contributed by atoms with E-state index >= 15 is 0 Å². The predicted octanol–water partition coefficient (Wildman–Crippen LogP) is 3.12. The van der Waals surface area contributed by atoms with Gasteiger partial charge in [0, 0.05) is 36.4 Å². The van der Waals surface area contributed by atoms with Crippen molar-refractivity contribution in [3.05, 3.63) is 47.6 Å². The minimum Gasteiger partial charge on any atom is -0.391 e. The predicted molar refractivity (Wildman–Crippen MR) is 102 cm³/mol. The number of hydrogen-bond acceptors (Lipinski definition) is 4. The maximum absolute atomic E-state index is 13.9. The van der Waals surface area contributed by atoms with Crippen LogP contribution < -0.4 is 10.2 Å². The Balaban J connectivity index is 1.42. The summed E-state index contributed by atoms with van der Waals surface area (Å²) in [6.07, 6.45) is 8.95. The Morgan fingerprint density at radius 2 is 2.30 bits per heavy atom. The van der Waals surface area contributed by atoms with Gasteiger partial charge in [0.05, 0.1) is 6.10 Å². The van der Waals surface area contributed by atoms with Crippen molar-refractivity contribution in [2.45, 2.75) is 50.7 Å². The van der Waals surface area contributed by atoms with Crippen molar-refractivity contribution in [3.63, 3.8) is 0 Å². The van der Waals surface area contributed by atoms with Gasteiger partial charge < -0.3 is 15.3 Å². The highest BCUT2D eigenvalue weighted by Gasteiger charge is 2.44. The molecule has 1 unspecified atom stereocenters. The number of hydrogen-bond donors (Lipinski definition) is 2. The number of halogens is 1. The largest absolute Gasteiger partial charge is 0.391 e. The van der Waals surface area contributed by atoms with Crippen molar-refractivity contribution in [3.8, 4) is 0 Å². The van der Waals surface area contributed by atoms with Crippen LogP contribution in [0, 0.1) is 5.92 Å². The Morgan fingerprint density at radius 3 is 2.96 bits per heavy atom. The van der Waals surface area contributed by atoms with Crippen LogP contribution in [0.1, 0.15) is 49.5 Å². The maximum Gasteiger partial charge on any atom is 0.270 e. The number of nitrogens with one attached hydrogen (secondary N) is 1. The lowest BCUT2D eigenvalue weighted by Gasteiger charge is -2.22. The van der Waals surface area contributed by atoms with Crippen molar-refractivity contribution < 1.29 is 14.3 Å². The number of nitrogens with zero attached hydrogens (tertiary/aromatic N) is 2. The van der Waals surface area contributed by atoms with Crippen molar-refractivity contribution in [1.82, 2.24) is 10.3 Å². The zero-order chi connectivity index (χ0) is 19.0. The smallest absolute Gasteiger partial charge is 0.270 e. The molecule has 5 nitrogen and oxygen atoms in total. The van der Waals surface area contributed by atoms with Crippen LogP contribution in [0.25, 0.3) is 0 Å². The van der Waals surface area contributed by atoms with Gasteiger partial charge in [-0.2, -0.15) is 0 Å². The topological polar surface area (TPSA) is 65.5 Å². The van der Waals surface area contributed by atoms with Crippen LogP contribution in [-0.4, -0.2) is 40.7 Å². The Labute approximate surface area is 159 Å². The van der Waals surface area contributed by atoms with E-state index in [0.717, 1.165) is 37.1 Å². The van der Waals surface area contributed by atoms with Crippen molar-refractivity contribution in [2.24, 2.45) is 5.92 Å². The molecule has 1 aliphatic heterocycles. The highest BCUT2D eigenvalue weighted by molar-refractivity contribution is 5.94. The molecule has 0 aromatic carbocycles. The van der Waals surface area contributed by atoms with Gasteiger partial charge >= 0.3 is 0 Å². The molecule has 1 saturated heterocycles. The molecule has 2 N–H and O–H groups in total. The van der Waals surface area contributed by atoms with Crippen LogP contribution in [0.5, 0.6) is 0 Å². The highest BCUT2D eigenvalue weighted by atomic mass is 19.1. The molecule has 2 atom stereocenters. The molecule has 144 valence electrons. The third-order valence-corrected chi connectivity index (χ3v) is 5.81. The number of rotatable bonds is 5. The Kier molecular flexibility index (Phi) is 4.76. The van der Waals surface area contributed by atoms with Crippen molar-refractivity contribution in [1.29, 1.82) is 0 Å². The average molecular weight is 371 g/mol. The minimum atomic E-state index is -0.315. The number of pyridine rings is 1. The van der Waals surface area contributed by atoms with Crippen LogP contribution in [0.4, 0.5) is 10.1 Å². The molecule has 1 amide bonds. The molecule has 6 heteroatoms. The fourth-order valence-electron chi connectivity index (χ4n) is 3.85.